The van der Waals surface area contributed by atoms with Gasteiger partial charge in [-0.3, -0.25) is 9.69 Å². The molecule has 2 aliphatic heterocycles. The van der Waals surface area contributed by atoms with Crippen molar-refractivity contribution in [1.29, 1.82) is 0 Å². The van der Waals surface area contributed by atoms with Crippen LogP contribution in [0.1, 0.15) is 23.0 Å². The Labute approximate surface area is 119 Å². The molecule has 1 aliphatic carbocycles. The summed E-state index contributed by atoms with van der Waals surface area (Å²) in [6.07, 6.45) is 2.04. The van der Waals surface area contributed by atoms with Gasteiger partial charge in [0.2, 0.25) is 0 Å². The van der Waals surface area contributed by atoms with Gasteiger partial charge in [-0.1, -0.05) is 11.6 Å². The first-order valence-electron chi connectivity index (χ1n) is 6.37. The Morgan fingerprint density at radius 1 is 1.45 bits per heavy atom. The van der Waals surface area contributed by atoms with Crippen LogP contribution in [0.2, 0.25) is 5.02 Å². The quantitative estimate of drug-likeness (QED) is 0.625. The molecule has 0 radical (unpaired) electrons. The molecule has 3 amide bonds. The van der Waals surface area contributed by atoms with Crippen LogP contribution >= 0.6 is 11.6 Å². The van der Waals surface area contributed by atoms with E-state index in [9.17, 15) is 14.7 Å². The van der Waals surface area contributed by atoms with Crippen LogP contribution in [-0.2, 0) is 0 Å². The van der Waals surface area contributed by atoms with E-state index in [-0.39, 0.29) is 24.0 Å². The zero-order valence-corrected chi connectivity index (χ0v) is 11.4. The molecule has 4 atom stereocenters. The van der Waals surface area contributed by atoms with E-state index in [1.165, 1.54) is 4.90 Å². The van der Waals surface area contributed by atoms with Crippen molar-refractivity contribution in [2.45, 2.75) is 30.3 Å². The summed E-state index contributed by atoms with van der Waals surface area (Å²) in [5.41, 5.74) is -0.813. The van der Waals surface area contributed by atoms with Gasteiger partial charge in [-0.15, -0.1) is 0 Å². The number of carbonyl (C=O) groups excluding carboxylic acids is 2. The number of nitrogens with zero attached hydrogens (tertiary/aromatic N) is 2. The molecule has 106 valence electrons. The van der Waals surface area contributed by atoms with Crippen LogP contribution in [0.4, 0.5) is 4.79 Å². The zero-order valence-electron chi connectivity index (χ0n) is 10.6. The number of hydrogen-bond acceptors (Lipinski definition) is 3. The van der Waals surface area contributed by atoms with Gasteiger partial charge >= 0.3 is 6.03 Å². The van der Waals surface area contributed by atoms with Gasteiger partial charge in [0.15, 0.2) is 5.72 Å². The van der Waals surface area contributed by atoms with Crippen LogP contribution in [0.3, 0.4) is 0 Å². The number of halogens is 1. The fourth-order valence-electron chi connectivity index (χ4n) is 3.61. The maximum absolute atomic E-state index is 12.1. The second-order valence-electron chi connectivity index (χ2n) is 5.59. The Balaban J connectivity index is 1.81. The normalized spacial score (nSPS) is 38.1. The predicted molar refractivity (Wildman–Crippen MR) is 69.4 cm³/mol. The average molecular weight is 297 g/mol. The monoisotopic (exact) mass is 296 g/mol. The summed E-state index contributed by atoms with van der Waals surface area (Å²) < 4.78 is 1.79. The number of likely N-dealkylation sites (N-methyl/N-ethyl adjacent to an activating group) is 1. The first kappa shape index (κ1) is 12.0. The van der Waals surface area contributed by atoms with Gasteiger partial charge in [0, 0.05) is 19.7 Å². The summed E-state index contributed by atoms with van der Waals surface area (Å²) >= 11 is 5.97. The summed E-state index contributed by atoms with van der Waals surface area (Å²) in [6.45, 7) is 0. The zero-order chi connectivity index (χ0) is 14.2. The van der Waals surface area contributed by atoms with Crippen molar-refractivity contribution in [3.63, 3.8) is 0 Å². The van der Waals surface area contributed by atoms with E-state index in [4.69, 9.17) is 11.6 Å². The van der Waals surface area contributed by atoms with Crippen molar-refractivity contribution in [2.75, 3.05) is 7.05 Å². The van der Waals surface area contributed by atoms with Crippen molar-refractivity contribution in [1.82, 2.24) is 20.1 Å². The molecule has 0 bridgehead atoms. The molecule has 3 aliphatic rings. The first-order valence-corrected chi connectivity index (χ1v) is 6.74. The minimum absolute atomic E-state index is 0.131. The van der Waals surface area contributed by atoms with Crippen LogP contribution in [0.5, 0.6) is 0 Å². The second kappa shape index (κ2) is 3.48. The van der Waals surface area contributed by atoms with E-state index in [1.54, 1.807) is 23.9 Å². The number of aromatic nitrogens is 1. The summed E-state index contributed by atoms with van der Waals surface area (Å²) in [5, 5.41) is 16.9. The molecule has 1 saturated carbocycles. The van der Waals surface area contributed by atoms with Crippen LogP contribution in [0, 0.1) is 0 Å². The molecule has 1 aromatic heterocycles. The minimum Gasteiger partial charge on any atom is -0.368 e. The molecule has 3 heterocycles. The third-order valence-electron chi connectivity index (χ3n) is 4.65. The lowest BCUT2D eigenvalue weighted by atomic mass is 10.1. The molecule has 0 spiro atoms. The Morgan fingerprint density at radius 3 is 2.95 bits per heavy atom. The lowest BCUT2D eigenvalue weighted by Gasteiger charge is -2.31. The van der Waals surface area contributed by atoms with E-state index in [2.05, 4.69) is 10.6 Å². The molecule has 1 saturated heterocycles. The Kier molecular flexibility index (Phi) is 2.09. The lowest BCUT2D eigenvalue weighted by molar-refractivity contribution is -0.0561. The Hall–Kier alpha value is -1.73. The molecule has 0 aromatic carbocycles. The molecule has 2 fully saturated rings. The number of urea groups is 1. The highest BCUT2D eigenvalue weighted by Gasteiger charge is 2.63. The SMILES string of the molecule is CN1C(=O)N[C@H]2[C@@H]3NC(=O)c4cc(Cl)cn4[C@@H]3C[C@]21O. The number of aliphatic hydroxyl groups is 1. The summed E-state index contributed by atoms with van der Waals surface area (Å²) in [7, 11) is 1.55. The van der Waals surface area contributed by atoms with Gasteiger partial charge in [0.25, 0.3) is 5.91 Å². The summed E-state index contributed by atoms with van der Waals surface area (Å²) in [5.74, 6) is -0.244. The van der Waals surface area contributed by atoms with Crippen LogP contribution in [0.25, 0.3) is 0 Å². The molecule has 20 heavy (non-hydrogen) atoms. The van der Waals surface area contributed by atoms with Crippen molar-refractivity contribution in [3.05, 3.63) is 23.0 Å². The Morgan fingerprint density at radius 2 is 2.20 bits per heavy atom. The van der Waals surface area contributed by atoms with E-state index in [1.807, 2.05) is 0 Å². The van der Waals surface area contributed by atoms with Crippen molar-refractivity contribution < 1.29 is 14.7 Å². The number of hydrogen-bond donors (Lipinski definition) is 3. The number of nitrogens with one attached hydrogen (secondary N) is 2. The third-order valence-corrected chi connectivity index (χ3v) is 4.86. The van der Waals surface area contributed by atoms with E-state index >= 15 is 0 Å². The fourth-order valence-corrected chi connectivity index (χ4v) is 3.81. The Bertz CT molecular complexity index is 645. The highest BCUT2D eigenvalue weighted by Crippen LogP contribution is 2.45. The molecule has 1 aromatic rings. The molecule has 8 heteroatoms. The van der Waals surface area contributed by atoms with Crippen LogP contribution < -0.4 is 10.6 Å². The van der Waals surface area contributed by atoms with Gasteiger partial charge in [0.1, 0.15) is 11.7 Å². The van der Waals surface area contributed by atoms with Gasteiger partial charge in [0.05, 0.1) is 17.1 Å². The van der Waals surface area contributed by atoms with Crippen LogP contribution in [0.15, 0.2) is 12.3 Å². The van der Waals surface area contributed by atoms with E-state index in [0.29, 0.717) is 17.1 Å². The molecule has 4 rings (SSSR count). The number of rotatable bonds is 0. The number of carbonyl (C=O) groups is 2. The molecule has 0 unspecified atom stereocenters. The number of fused-ring (bicyclic) bond motifs is 5. The molecule has 7 nitrogen and oxygen atoms in total. The highest BCUT2D eigenvalue weighted by molar-refractivity contribution is 6.31. The van der Waals surface area contributed by atoms with Gasteiger partial charge in [-0.05, 0) is 6.07 Å². The van der Waals surface area contributed by atoms with Gasteiger partial charge < -0.3 is 20.3 Å². The van der Waals surface area contributed by atoms with Crippen molar-refractivity contribution in [2.24, 2.45) is 0 Å². The lowest BCUT2D eigenvalue weighted by Crippen LogP contribution is -2.56. The van der Waals surface area contributed by atoms with E-state index < -0.39 is 11.8 Å². The van der Waals surface area contributed by atoms with Crippen molar-refractivity contribution >= 4 is 23.5 Å². The van der Waals surface area contributed by atoms with Crippen LogP contribution in [-0.4, -0.2) is 51.4 Å². The standard InChI is InChI=1S/C12H13ClN4O3/c1-16-11(19)15-9-8-7(3-12(9,16)20)17-4-5(13)2-6(17)10(18)14-8/h2,4,7-9,20H,3H2,1H3,(H,14,18)(H,15,19)/t7-,8-,9+,12+/m1/s1. The average Bonchev–Trinajstić information content (AvgIpc) is 2.96. The summed E-state index contributed by atoms with van der Waals surface area (Å²) in [4.78, 5) is 25.1. The van der Waals surface area contributed by atoms with Crippen molar-refractivity contribution in [3.8, 4) is 0 Å². The minimum atomic E-state index is -1.29. The largest absolute Gasteiger partial charge is 0.368 e. The fraction of sp³-hybridized carbons (Fsp3) is 0.500. The highest BCUT2D eigenvalue weighted by atomic mass is 35.5. The summed E-state index contributed by atoms with van der Waals surface area (Å²) in [6, 6.07) is 0.267. The maximum Gasteiger partial charge on any atom is 0.319 e. The van der Waals surface area contributed by atoms with Gasteiger partial charge in [-0.25, -0.2) is 4.79 Å². The smallest absolute Gasteiger partial charge is 0.319 e. The topological polar surface area (TPSA) is 86.6 Å². The molecular formula is C12H13ClN4O3. The molecular weight excluding hydrogens is 284 g/mol. The van der Waals surface area contributed by atoms with E-state index in [0.717, 1.165) is 0 Å². The molecule has 3 N–H and O–H groups in total. The van der Waals surface area contributed by atoms with Gasteiger partial charge in [-0.2, -0.15) is 0 Å². The predicted octanol–water partition coefficient (Wildman–Crippen LogP) is -0.0895. The third kappa shape index (κ3) is 1.24. The first-order chi connectivity index (χ1) is 9.41. The number of amides is 3. The maximum atomic E-state index is 12.1. The second-order valence-corrected chi connectivity index (χ2v) is 6.02.